The van der Waals surface area contributed by atoms with E-state index < -0.39 is 0 Å². The molecule has 0 atom stereocenters. The zero-order chi connectivity index (χ0) is 13.4. The number of furan rings is 1. The Hall–Kier alpha value is -1.95. The Morgan fingerprint density at radius 3 is 2.95 bits per heavy atom. The van der Waals surface area contributed by atoms with E-state index in [2.05, 4.69) is 10.5 Å². The number of amides is 1. The molecular weight excluding hydrogens is 270 g/mol. The van der Waals surface area contributed by atoms with E-state index in [1.807, 2.05) is 0 Å². The number of nitrogens with two attached hydrogens (primary N) is 1. The lowest BCUT2D eigenvalue weighted by atomic mass is 10.2. The molecule has 3 rings (SSSR count). The third-order valence-corrected chi connectivity index (χ3v) is 3.20. The van der Waals surface area contributed by atoms with E-state index in [-0.39, 0.29) is 28.3 Å². The van der Waals surface area contributed by atoms with Crippen LogP contribution in [-0.4, -0.2) is 17.6 Å². The summed E-state index contributed by atoms with van der Waals surface area (Å²) in [4.78, 5) is 12.1. The lowest BCUT2D eigenvalue weighted by molar-refractivity contribution is 0.0952. The van der Waals surface area contributed by atoms with Gasteiger partial charge in [-0.1, -0.05) is 5.16 Å². The molecule has 1 amide bonds. The van der Waals surface area contributed by atoms with Crippen molar-refractivity contribution in [3.63, 3.8) is 0 Å². The van der Waals surface area contributed by atoms with Gasteiger partial charge in [-0.2, -0.15) is 0 Å². The lowest BCUT2D eigenvalue weighted by Gasteiger charge is -2.03. The molecule has 7 heteroatoms. The number of nitrogen functional groups attached to an aromatic ring is 1. The molecule has 0 bridgehead atoms. The molecule has 1 aliphatic rings. The molecule has 100 valence electrons. The minimum Gasteiger partial charge on any atom is -0.443 e. The first-order valence-electron chi connectivity index (χ1n) is 5.94. The number of aromatic nitrogens is 1. The summed E-state index contributed by atoms with van der Waals surface area (Å²) in [6, 6.07) is 3.17. The number of carbonyl (C=O) groups excluding carboxylic acids is 1. The van der Waals surface area contributed by atoms with Crippen LogP contribution >= 0.6 is 11.6 Å². The first kappa shape index (κ1) is 12.1. The maximum Gasteiger partial charge on any atom is 0.259 e. The Labute approximate surface area is 113 Å². The van der Waals surface area contributed by atoms with Crippen LogP contribution in [0, 0.1) is 5.92 Å². The third-order valence-electron chi connectivity index (χ3n) is 3.00. The number of nitrogens with one attached hydrogen (secondary N) is 1. The fourth-order valence-electron chi connectivity index (χ4n) is 1.78. The zero-order valence-corrected chi connectivity index (χ0v) is 10.7. The van der Waals surface area contributed by atoms with Crippen molar-refractivity contribution in [3.8, 4) is 11.5 Å². The molecular formula is C12H12ClN3O3. The molecule has 19 heavy (non-hydrogen) atoms. The highest BCUT2D eigenvalue weighted by atomic mass is 35.5. The van der Waals surface area contributed by atoms with Crippen LogP contribution < -0.4 is 11.1 Å². The van der Waals surface area contributed by atoms with Gasteiger partial charge in [0.2, 0.25) is 5.88 Å². The SMILES string of the molecule is Nc1onc(-c2ccc(Cl)o2)c1C(=O)NCC1CC1. The topological polar surface area (TPSA) is 94.3 Å². The van der Waals surface area contributed by atoms with Gasteiger partial charge in [-0.05, 0) is 42.5 Å². The van der Waals surface area contributed by atoms with Crippen molar-refractivity contribution in [2.45, 2.75) is 12.8 Å². The van der Waals surface area contributed by atoms with E-state index in [1.165, 1.54) is 0 Å². The first-order valence-corrected chi connectivity index (χ1v) is 6.32. The molecule has 0 saturated heterocycles. The van der Waals surface area contributed by atoms with Crippen LogP contribution in [0.1, 0.15) is 23.2 Å². The van der Waals surface area contributed by atoms with Gasteiger partial charge in [0.1, 0.15) is 5.56 Å². The smallest absolute Gasteiger partial charge is 0.259 e. The number of hydrogen-bond acceptors (Lipinski definition) is 5. The highest BCUT2D eigenvalue weighted by molar-refractivity contribution is 6.29. The average Bonchev–Trinajstić information content (AvgIpc) is 3.00. The van der Waals surface area contributed by atoms with Crippen LogP contribution in [0.15, 0.2) is 21.1 Å². The van der Waals surface area contributed by atoms with Gasteiger partial charge in [0.25, 0.3) is 5.91 Å². The molecule has 0 aliphatic heterocycles. The predicted octanol–water partition coefficient (Wildman–Crippen LogP) is 2.31. The fourth-order valence-corrected chi connectivity index (χ4v) is 1.93. The van der Waals surface area contributed by atoms with Crippen LogP contribution in [0.2, 0.25) is 5.22 Å². The molecule has 3 N–H and O–H groups in total. The van der Waals surface area contributed by atoms with Gasteiger partial charge in [-0.25, -0.2) is 0 Å². The minimum atomic E-state index is -0.312. The summed E-state index contributed by atoms with van der Waals surface area (Å²) in [6.45, 7) is 0.641. The van der Waals surface area contributed by atoms with Crippen molar-refractivity contribution in [3.05, 3.63) is 22.9 Å². The van der Waals surface area contributed by atoms with Crippen molar-refractivity contribution >= 4 is 23.4 Å². The predicted molar refractivity (Wildman–Crippen MR) is 68.7 cm³/mol. The minimum absolute atomic E-state index is 0.0316. The maximum atomic E-state index is 12.1. The third kappa shape index (κ3) is 2.44. The van der Waals surface area contributed by atoms with Crippen molar-refractivity contribution < 1.29 is 13.7 Å². The van der Waals surface area contributed by atoms with Crippen LogP contribution in [0.5, 0.6) is 0 Å². The Morgan fingerprint density at radius 2 is 2.32 bits per heavy atom. The van der Waals surface area contributed by atoms with Gasteiger partial charge in [0.15, 0.2) is 16.7 Å². The van der Waals surface area contributed by atoms with Crippen LogP contribution in [-0.2, 0) is 0 Å². The molecule has 0 spiro atoms. The molecule has 0 aromatic carbocycles. The normalized spacial score (nSPS) is 14.6. The highest BCUT2D eigenvalue weighted by Gasteiger charge is 2.27. The van der Waals surface area contributed by atoms with Crippen molar-refractivity contribution in [2.24, 2.45) is 5.92 Å². The van der Waals surface area contributed by atoms with E-state index in [4.69, 9.17) is 26.3 Å². The van der Waals surface area contributed by atoms with Crippen molar-refractivity contribution in [1.82, 2.24) is 10.5 Å². The second-order valence-electron chi connectivity index (χ2n) is 4.53. The summed E-state index contributed by atoms with van der Waals surface area (Å²) in [5, 5.41) is 6.77. The summed E-state index contributed by atoms with van der Waals surface area (Å²) in [5.41, 5.74) is 6.09. The fraction of sp³-hybridized carbons (Fsp3) is 0.333. The van der Waals surface area contributed by atoms with Gasteiger partial charge in [0, 0.05) is 6.54 Å². The van der Waals surface area contributed by atoms with Crippen LogP contribution in [0.25, 0.3) is 11.5 Å². The van der Waals surface area contributed by atoms with E-state index in [0.29, 0.717) is 18.2 Å². The number of anilines is 1. The van der Waals surface area contributed by atoms with Gasteiger partial charge in [0.05, 0.1) is 0 Å². The number of carbonyl (C=O) groups is 1. The standard InChI is InChI=1S/C12H12ClN3O3/c13-8-4-3-7(18-8)10-9(11(14)19-16-10)12(17)15-5-6-1-2-6/h3-4,6H,1-2,5,14H2,(H,15,17). The number of nitrogens with zero attached hydrogens (tertiary/aromatic N) is 1. The zero-order valence-electron chi connectivity index (χ0n) is 9.98. The Morgan fingerprint density at radius 1 is 1.53 bits per heavy atom. The molecule has 2 heterocycles. The average molecular weight is 282 g/mol. The first-order chi connectivity index (χ1) is 9.15. The summed E-state index contributed by atoms with van der Waals surface area (Å²) < 4.78 is 10.1. The molecule has 6 nitrogen and oxygen atoms in total. The summed E-state index contributed by atoms with van der Waals surface area (Å²) in [6.07, 6.45) is 2.31. The van der Waals surface area contributed by atoms with Crippen molar-refractivity contribution in [2.75, 3.05) is 12.3 Å². The Kier molecular flexibility index (Phi) is 2.94. The van der Waals surface area contributed by atoms with E-state index >= 15 is 0 Å². The van der Waals surface area contributed by atoms with E-state index in [0.717, 1.165) is 12.8 Å². The summed E-state index contributed by atoms with van der Waals surface area (Å²) in [5.74, 6) is 0.581. The van der Waals surface area contributed by atoms with Gasteiger partial charge < -0.3 is 20.0 Å². The van der Waals surface area contributed by atoms with E-state index in [1.54, 1.807) is 12.1 Å². The number of rotatable bonds is 4. The van der Waals surface area contributed by atoms with Gasteiger partial charge >= 0.3 is 0 Å². The molecule has 0 unspecified atom stereocenters. The van der Waals surface area contributed by atoms with Crippen LogP contribution in [0.4, 0.5) is 5.88 Å². The largest absolute Gasteiger partial charge is 0.443 e. The number of halogens is 1. The Bertz CT molecular complexity index is 616. The van der Waals surface area contributed by atoms with Gasteiger partial charge in [-0.15, -0.1) is 0 Å². The Balaban J connectivity index is 1.86. The summed E-state index contributed by atoms with van der Waals surface area (Å²) in [7, 11) is 0. The quantitative estimate of drug-likeness (QED) is 0.897. The molecule has 1 fully saturated rings. The molecule has 2 aromatic heterocycles. The number of hydrogen-bond donors (Lipinski definition) is 2. The van der Waals surface area contributed by atoms with E-state index in [9.17, 15) is 4.79 Å². The monoisotopic (exact) mass is 281 g/mol. The highest BCUT2D eigenvalue weighted by Crippen LogP contribution is 2.31. The molecule has 2 aromatic rings. The van der Waals surface area contributed by atoms with Gasteiger partial charge in [-0.3, -0.25) is 4.79 Å². The van der Waals surface area contributed by atoms with Crippen LogP contribution in [0.3, 0.4) is 0 Å². The lowest BCUT2D eigenvalue weighted by Crippen LogP contribution is -2.26. The van der Waals surface area contributed by atoms with Crippen molar-refractivity contribution in [1.29, 1.82) is 0 Å². The molecule has 0 radical (unpaired) electrons. The molecule has 1 saturated carbocycles. The molecule has 1 aliphatic carbocycles. The maximum absolute atomic E-state index is 12.1. The second kappa shape index (κ2) is 4.62. The summed E-state index contributed by atoms with van der Waals surface area (Å²) >= 11 is 5.70. The second-order valence-corrected chi connectivity index (χ2v) is 4.90.